The highest BCUT2D eigenvalue weighted by Crippen LogP contribution is 2.14. The number of thiazole rings is 1. The van der Waals surface area contributed by atoms with Crippen LogP contribution in [-0.4, -0.2) is 35.6 Å². The molecule has 112 valence electrons. The van der Waals surface area contributed by atoms with E-state index in [0.29, 0.717) is 6.04 Å². The first-order chi connectivity index (χ1) is 10.4. The van der Waals surface area contributed by atoms with Gasteiger partial charge >= 0.3 is 0 Å². The summed E-state index contributed by atoms with van der Waals surface area (Å²) in [7, 11) is 0. The first kappa shape index (κ1) is 14.7. The molecule has 2 heterocycles. The number of aromatic nitrogens is 1. The lowest BCUT2D eigenvalue weighted by molar-refractivity contribution is 0.191. The Hall–Kier alpha value is -1.23. The Morgan fingerprint density at radius 2 is 2.00 bits per heavy atom. The van der Waals surface area contributed by atoms with Gasteiger partial charge in [0.15, 0.2) is 0 Å². The van der Waals surface area contributed by atoms with Gasteiger partial charge in [-0.05, 0) is 31.5 Å². The summed E-state index contributed by atoms with van der Waals surface area (Å²) in [4.78, 5) is 6.89. The number of benzene rings is 1. The number of hydrogen-bond donors (Lipinski definition) is 1. The zero-order valence-electron chi connectivity index (χ0n) is 12.4. The van der Waals surface area contributed by atoms with Gasteiger partial charge in [0.1, 0.15) is 0 Å². The third-order valence-corrected chi connectivity index (χ3v) is 4.77. The zero-order chi connectivity index (χ0) is 14.3. The fourth-order valence-corrected chi connectivity index (χ4v) is 3.50. The Morgan fingerprint density at radius 1 is 1.19 bits per heavy atom. The van der Waals surface area contributed by atoms with Gasteiger partial charge in [-0.25, -0.2) is 4.98 Å². The summed E-state index contributed by atoms with van der Waals surface area (Å²) in [5, 5.41) is 5.83. The molecular formula is C17H23N3S. The smallest absolute Gasteiger partial charge is 0.0794 e. The van der Waals surface area contributed by atoms with E-state index in [1.165, 1.54) is 37.2 Å². The summed E-state index contributed by atoms with van der Waals surface area (Å²) in [6, 6.07) is 11.5. The minimum Gasteiger partial charge on any atom is -0.313 e. The molecule has 0 amide bonds. The monoisotopic (exact) mass is 301 g/mol. The molecule has 0 saturated carbocycles. The minimum atomic E-state index is 0.677. The van der Waals surface area contributed by atoms with Gasteiger partial charge in [-0.2, -0.15) is 0 Å². The molecule has 1 aliphatic rings. The minimum absolute atomic E-state index is 0.677. The van der Waals surface area contributed by atoms with Crippen molar-refractivity contribution in [2.24, 2.45) is 0 Å². The van der Waals surface area contributed by atoms with Gasteiger partial charge in [-0.3, -0.25) is 4.90 Å². The number of nitrogens with zero attached hydrogens (tertiary/aromatic N) is 2. The lowest BCUT2D eigenvalue weighted by atomic mass is 10.0. The van der Waals surface area contributed by atoms with Gasteiger partial charge in [-0.15, -0.1) is 11.3 Å². The summed E-state index contributed by atoms with van der Waals surface area (Å²) in [5.74, 6) is 0. The fraction of sp³-hybridized carbons (Fsp3) is 0.471. The average molecular weight is 301 g/mol. The highest BCUT2D eigenvalue weighted by molar-refractivity contribution is 7.07. The SMILES string of the molecule is c1ccc(CN2CCC(NCCc3cscn3)CC2)cc1. The first-order valence-electron chi connectivity index (χ1n) is 7.77. The Bertz CT molecular complexity index is 504. The third kappa shape index (κ3) is 4.63. The van der Waals surface area contributed by atoms with Gasteiger partial charge < -0.3 is 5.32 Å². The van der Waals surface area contributed by atoms with E-state index in [1.54, 1.807) is 11.3 Å². The van der Waals surface area contributed by atoms with Gasteiger partial charge in [0.2, 0.25) is 0 Å². The largest absolute Gasteiger partial charge is 0.313 e. The molecule has 2 aromatic rings. The van der Waals surface area contributed by atoms with Crippen molar-refractivity contribution in [3.8, 4) is 0 Å². The van der Waals surface area contributed by atoms with Gasteiger partial charge in [0, 0.05) is 30.9 Å². The van der Waals surface area contributed by atoms with Crippen LogP contribution in [0.5, 0.6) is 0 Å². The van der Waals surface area contributed by atoms with E-state index in [1.807, 2.05) is 5.51 Å². The highest BCUT2D eigenvalue weighted by atomic mass is 32.1. The Labute approximate surface area is 131 Å². The van der Waals surface area contributed by atoms with Crippen LogP contribution in [0.4, 0.5) is 0 Å². The van der Waals surface area contributed by atoms with E-state index < -0.39 is 0 Å². The summed E-state index contributed by atoms with van der Waals surface area (Å²) in [6.07, 6.45) is 3.56. The summed E-state index contributed by atoms with van der Waals surface area (Å²) < 4.78 is 0. The predicted molar refractivity (Wildman–Crippen MR) is 88.6 cm³/mol. The molecule has 1 aliphatic heterocycles. The maximum absolute atomic E-state index is 4.33. The van der Waals surface area contributed by atoms with Crippen LogP contribution in [0.15, 0.2) is 41.2 Å². The van der Waals surface area contributed by atoms with E-state index >= 15 is 0 Å². The Balaban J connectivity index is 1.35. The van der Waals surface area contributed by atoms with Crippen LogP contribution in [0.1, 0.15) is 24.1 Å². The van der Waals surface area contributed by atoms with E-state index in [2.05, 4.69) is 50.9 Å². The molecule has 1 N–H and O–H groups in total. The lowest BCUT2D eigenvalue weighted by Crippen LogP contribution is -2.42. The third-order valence-electron chi connectivity index (χ3n) is 4.13. The lowest BCUT2D eigenvalue weighted by Gasteiger charge is -2.32. The van der Waals surface area contributed by atoms with Crippen molar-refractivity contribution in [3.63, 3.8) is 0 Å². The molecule has 0 unspecified atom stereocenters. The van der Waals surface area contributed by atoms with Gasteiger partial charge in [0.25, 0.3) is 0 Å². The number of rotatable bonds is 6. The van der Waals surface area contributed by atoms with Crippen molar-refractivity contribution in [1.82, 2.24) is 15.2 Å². The number of likely N-dealkylation sites (tertiary alicyclic amines) is 1. The summed E-state index contributed by atoms with van der Waals surface area (Å²) in [6.45, 7) is 4.53. The molecule has 1 fully saturated rings. The maximum Gasteiger partial charge on any atom is 0.0794 e. The van der Waals surface area contributed by atoms with Crippen molar-refractivity contribution in [3.05, 3.63) is 52.5 Å². The number of hydrogen-bond acceptors (Lipinski definition) is 4. The number of nitrogens with one attached hydrogen (secondary N) is 1. The first-order valence-corrected chi connectivity index (χ1v) is 8.71. The van der Waals surface area contributed by atoms with E-state index in [-0.39, 0.29) is 0 Å². The molecule has 0 bridgehead atoms. The van der Waals surface area contributed by atoms with Crippen molar-refractivity contribution >= 4 is 11.3 Å². The predicted octanol–water partition coefficient (Wildman–Crippen LogP) is 2.94. The molecule has 1 aromatic carbocycles. The zero-order valence-corrected chi connectivity index (χ0v) is 13.2. The topological polar surface area (TPSA) is 28.2 Å². The van der Waals surface area contributed by atoms with Crippen LogP contribution in [0.3, 0.4) is 0 Å². The van der Waals surface area contributed by atoms with Gasteiger partial charge in [-0.1, -0.05) is 30.3 Å². The van der Waals surface area contributed by atoms with Crippen LogP contribution < -0.4 is 5.32 Å². The quantitative estimate of drug-likeness (QED) is 0.889. The molecule has 1 saturated heterocycles. The summed E-state index contributed by atoms with van der Waals surface area (Å²) >= 11 is 1.68. The van der Waals surface area contributed by atoms with Crippen LogP contribution >= 0.6 is 11.3 Å². The van der Waals surface area contributed by atoms with E-state index in [0.717, 1.165) is 19.5 Å². The normalized spacial score (nSPS) is 17.1. The molecule has 0 radical (unpaired) electrons. The van der Waals surface area contributed by atoms with Crippen LogP contribution in [0, 0.1) is 0 Å². The second-order valence-electron chi connectivity index (χ2n) is 5.72. The molecule has 21 heavy (non-hydrogen) atoms. The molecule has 0 atom stereocenters. The molecule has 4 heteroatoms. The Morgan fingerprint density at radius 3 is 2.71 bits per heavy atom. The second kappa shape index (κ2) is 7.69. The van der Waals surface area contributed by atoms with Crippen molar-refractivity contribution < 1.29 is 0 Å². The van der Waals surface area contributed by atoms with Crippen LogP contribution in [0.2, 0.25) is 0 Å². The van der Waals surface area contributed by atoms with Crippen LogP contribution in [-0.2, 0) is 13.0 Å². The fourth-order valence-electron chi connectivity index (χ4n) is 2.90. The maximum atomic E-state index is 4.33. The Kier molecular flexibility index (Phi) is 5.38. The summed E-state index contributed by atoms with van der Waals surface area (Å²) in [5.41, 5.74) is 4.55. The number of piperidine rings is 1. The second-order valence-corrected chi connectivity index (χ2v) is 6.44. The molecule has 3 nitrogen and oxygen atoms in total. The van der Waals surface area contributed by atoms with Crippen molar-refractivity contribution in [1.29, 1.82) is 0 Å². The van der Waals surface area contributed by atoms with Crippen molar-refractivity contribution in [2.45, 2.75) is 31.8 Å². The van der Waals surface area contributed by atoms with Crippen molar-refractivity contribution in [2.75, 3.05) is 19.6 Å². The van der Waals surface area contributed by atoms with Crippen LogP contribution in [0.25, 0.3) is 0 Å². The van der Waals surface area contributed by atoms with E-state index in [4.69, 9.17) is 0 Å². The van der Waals surface area contributed by atoms with Gasteiger partial charge in [0.05, 0.1) is 11.2 Å². The molecule has 3 rings (SSSR count). The van der Waals surface area contributed by atoms with E-state index in [9.17, 15) is 0 Å². The highest BCUT2D eigenvalue weighted by Gasteiger charge is 2.18. The molecular weight excluding hydrogens is 278 g/mol. The average Bonchev–Trinajstić information content (AvgIpc) is 3.03. The molecule has 1 aromatic heterocycles. The molecule has 0 aliphatic carbocycles. The molecule has 0 spiro atoms. The standard InChI is InChI=1S/C17H23N3S/c1-2-4-15(5-3-1)12-20-10-7-16(8-11-20)18-9-6-17-13-21-14-19-17/h1-5,13-14,16,18H,6-12H2.